The predicted molar refractivity (Wildman–Crippen MR) is 67.9 cm³/mol. The second-order valence-corrected chi connectivity index (χ2v) is 4.30. The van der Waals surface area contributed by atoms with Crippen molar-refractivity contribution in [1.82, 2.24) is 0 Å². The van der Waals surface area contributed by atoms with E-state index in [0.29, 0.717) is 6.42 Å². The number of carbonyl (C=O) groups excluding carboxylic acids is 2. The van der Waals surface area contributed by atoms with Crippen LogP contribution in [0.4, 0.5) is 13.2 Å². The molecule has 0 amide bonds. The molecule has 0 aliphatic rings. The van der Waals surface area contributed by atoms with Crippen LogP contribution in [0.25, 0.3) is 0 Å². The molecule has 0 aliphatic carbocycles. The van der Waals surface area contributed by atoms with Gasteiger partial charge in [0, 0.05) is 0 Å². The van der Waals surface area contributed by atoms with Crippen LogP contribution in [0.2, 0.25) is 0 Å². The summed E-state index contributed by atoms with van der Waals surface area (Å²) in [6.45, 7) is 2.86. The maximum absolute atomic E-state index is 12.3. The number of halogens is 3. The number of ether oxygens (including phenoxy) is 2. The molecule has 1 aromatic carbocycles. The van der Waals surface area contributed by atoms with Crippen molar-refractivity contribution in [2.45, 2.75) is 32.5 Å². The van der Waals surface area contributed by atoms with Crippen LogP contribution in [0.1, 0.15) is 41.0 Å². The molecule has 1 aromatic rings. The van der Waals surface area contributed by atoms with E-state index in [1.165, 1.54) is 24.3 Å². The summed E-state index contributed by atoms with van der Waals surface area (Å²) in [5.74, 6) is -1.66. The summed E-state index contributed by atoms with van der Waals surface area (Å²) in [5.41, 5.74) is 0.141. The molecule has 0 bridgehead atoms. The third-order valence-electron chi connectivity index (χ3n) is 2.54. The van der Waals surface area contributed by atoms with Gasteiger partial charge in [0.1, 0.15) is 0 Å². The van der Waals surface area contributed by atoms with Gasteiger partial charge in [0.05, 0.1) is 17.7 Å². The molecule has 0 aliphatic heterocycles. The second kappa shape index (κ2) is 7.10. The predicted octanol–water partition coefficient (Wildman–Crippen LogP) is 3.36. The summed E-state index contributed by atoms with van der Waals surface area (Å²) in [7, 11) is 0. The van der Waals surface area contributed by atoms with Crippen molar-refractivity contribution in [3.05, 3.63) is 35.4 Å². The quantitative estimate of drug-likeness (QED) is 0.783. The van der Waals surface area contributed by atoms with Gasteiger partial charge in [-0.25, -0.2) is 9.59 Å². The molecule has 4 nitrogen and oxygen atoms in total. The molecule has 1 rings (SSSR count). The average Bonchev–Trinajstić information content (AvgIpc) is 2.43. The number of esters is 2. The third-order valence-corrected chi connectivity index (χ3v) is 2.54. The Balaban J connectivity index is 2.69. The number of rotatable bonds is 5. The summed E-state index contributed by atoms with van der Waals surface area (Å²) in [6.07, 6.45) is -6.13. The number of carbonyl (C=O) groups is 2. The minimum Gasteiger partial charge on any atom is -0.462 e. The third kappa shape index (κ3) is 5.09. The molecule has 7 heteroatoms. The van der Waals surface area contributed by atoms with Crippen LogP contribution in [0.5, 0.6) is 0 Å². The molecule has 0 N–H and O–H groups in total. The summed E-state index contributed by atoms with van der Waals surface area (Å²) in [4.78, 5) is 23.0. The van der Waals surface area contributed by atoms with Gasteiger partial charge < -0.3 is 9.47 Å². The monoisotopic (exact) mass is 304 g/mol. The molecular formula is C14H15F3O4. The van der Waals surface area contributed by atoms with E-state index in [0.717, 1.165) is 6.92 Å². The first-order chi connectivity index (χ1) is 9.75. The van der Waals surface area contributed by atoms with E-state index in [1.807, 2.05) is 6.92 Å². The first kappa shape index (κ1) is 17.0. The number of hydrogen-bond acceptors (Lipinski definition) is 4. The fourth-order valence-electron chi connectivity index (χ4n) is 1.32. The summed E-state index contributed by atoms with van der Waals surface area (Å²) in [6, 6.07) is 5.03. The van der Waals surface area contributed by atoms with E-state index in [4.69, 9.17) is 4.74 Å². The lowest BCUT2D eigenvalue weighted by atomic mass is 10.1. The maximum atomic E-state index is 12.3. The SMILES string of the molecule is CCCOC(=O)c1ccc(C(=O)OC(C)C(F)(F)F)cc1. The topological polar surface area (TPSA) is 52.6 Å². The lowest BCUT2D eigenvalue weighted by Crippen LogP contribution is -2.30. The van der Waals surface area contributed by atoms with Crippen molar-refractivity contribution < 1.29 is 32.2 Å². The molecule has 0 saturated heterocycles. The van der Waals surface area contributed by atoms with E-state index in [2.05, 4.69) is 4.74 Å². The number of benzene rings is 1. The van der Waals surface area contributed by atoms with E-state index < -0.39 is 24.2 Å². The molecule has 0 aromatic heterocycles. The zero-order valence-electron chi connectivity index (χ0n) is 11.6. The van der Waals surface area contributed by atoms with Gasteiger partial charge in [-0.3, -0.25) is 0 Å². The van der Waals surface area contributed by atoms with Crippen molar-refractivity contribution in [2.24, 2.45) is 0 Å². The molecule has 1 atom stereocenters. The fraction of sp³-hybridized carbons (Fsp3) is 0.429. The first-order valence-corrected chi connectivity index (χ1v) is 6.30. The fourth-order valence-corrected chi connectivity index (χ4v) is 1.32. The Morgan fingerprint density at radius 2 is 1.57 bits per heavy atom. The second-order valence-electron chi connectivity index (χ2n) is 4.30. The van der Waals surface area contributed by atoms with Crippen LogP contribution in [-0.2, 0) is 9.47 Å². The molecule has 0 saturated carbocycles. The number of hydrogen-bond donors (Lipinski definition) is 0. The maximum Gasteiger partial charge on any atom is 0.425 e. The largest absolute Gasteiger partial charge is 0.462 e. The Kier molecular flexibility index (Phi) is 5.75. The van der Waals surface area contributed by atoms with Crippen LogP contribution in [-0.4, -0.2) is 30.8 Å². The highest BCUT2D eigenvalue weighted by Gasteiger charge is 2.39. The molecule has 0 spiro atoms. The van der Waals surface area contributed by atoms with Gasteiger partial charge in [0.15, 0.2) is 6.10 Å². The highest BCUT2D eigenvalue weighted by Crippen LogP contribution is 2.23. The average molecular weight is 304 g/mol. The normalized spacial score (nSPS) is 12.6. The summed E-state index contributed by atoms with van der Waals surface area (Å²) < 4.78 is 46.0. The van der Waals surface area contributed by atoms with Gasteiger partial charge in [-0.2, -0.15) is 13.2 Å². The Morgan fingerprint density at radius 1 is 1.10 bits per heavy atom. The zero-order chi connectivity index (χ0) is 16.0. The molecule has 0 fully saturated rings. The van der Waals surface area contributed by atoms with Gasteiger partial charge in [-0.15, -0.1) is 0 Å². The lowest BCUT2D eigenvalue weighted by Gasteiger charge is -2.16. The molecule has 116 valence electrons. The van der Waals surface area contributed by atoms with Crippen LogP contribution >= 0.6 is 0 Å². The Bertz CT molecular complexity index is 494. The highest BCUT2D eigenvalue weighted by atomic mass is 19.4. The van der Waals surface area contributed by atoms with Crippen molar-refractivity contribution in [3.63, 3.8) is 0 Å². The van der Waals surface area contributed by atoms with Crippen LogP contribution in [0.15, 0.2) is 24.3 Å². The Morgan fingerprint density at radius 3 is 2.00 bits per heavy atom. The number of alkyl halides is 3. The lowest BCUT2D eigenvalue weighted by molar-refractivity contribution is -0.198. The zero-order valence-corrected chi connectivity index (χ0v) is 11.6. The minimum absolute atomic E-state index is 0.0712. The van der Waals surface area contributed by atoms with Gasteiger partial charge in [0.2, 0.25) is 0 Å². The van der Waals surface area contributed by atoms with Crippen LogP contribution in [0.3, 0.4) is 0 Å². The van der Waals surface area contributed by atoms with Crippen LogP contribution < -0.4 is 0 Å². The highest BCUT2D eigenvalue weighted by molar-refractivity contribution is 5.93. The summed E-state index contributed by atoms with van der Waals surface area (Å²) >= 11 is 0. The standard InChI is InChI=1S/C14H15F3O4/c1-3-8-20-12(18)10-4-6-11(7-5-10)13(19)21-9(2)14(15,16)17/h4-7,9H,3,8H2,1-2H3. The van der Waals surface area contributed by atoms with Gasteiger partial charge in [-0.05, 0) is 37.6 Å². The van der Waals surface area contributed by atoms with E-state index >= 15 is 0 Å². The Labute approximate surface area is 119 Å². The van der Waals surface area contributed by atoms with Gasteiger partial charge in [0.25, 0.3) is 0 Å². The molecule has 0 heterocycles. The van der Waals surface area contributed by atoms with E-state index in [9.17, 15) is 22.8 Å². The smallest absolute Gasteiger partial charge is 0.425 e. The molecular weight excluding hydrogens is 289 g/mol. The molecule has 21 heavy (non-hydrogen) atoms. The minimum atomic E-state index is -4.61. The van der Waals surface area contributed by atoms with Crippen molar-refractivity contribution in [3.8, 4) is 0 Å². The van der Waals surface area contributed by atoms with Crippen LogP contribution in [0, 0.1) is 0 Å². The van der Waals surface area contributed by atoms with E-state index in [-0.39, 0.29) is 17.7 Å². The first-order valence-electron chi connectivity index (χ1n) is 6.30. The Hall–Kier alpha value is -2.05. The molecule has 1 unspecified atom stereocenters. The van der Waals surface area contributed by atoms with Crippen molar-refractivity contribution in [2.75, 3.05) is 6.61 Å². The van der Waals surface area contributed by atoms with Gasteiger partial charge in [-0.1, -0.05) is 6.92 Å². The van der Waals surface area contributed by atoms with E-state index in [1.54, 1.807) is 0 Å². The van der Waals surface area contributed by atoms with Crippen molar-refractivity contribution >= 4 is 11.9 Å². The van der Waals surface area contributed by atoms with Gasteiger partial charge >= 0.3 is 18.1 Å². The molecule has 0 radical (unpaired) electrons. The van der Waals surface area contributed by atoms with Crippen molar-refractivity contribution in [1.29, 1.82) is 0 Å². The summed E-state index contributed by atoms with van der Waals surface area (Å²) in [5, 5.41) is 0.